The fourth-order valence-corrected chi connectivity index (χ4v) is 5.61. The maximum Gasteiger partial charge on any atom is 0.266 e. The molecule has 4 amide bonds. The minimum absolute atomic E-state index is 0.110. The van der Waals surface area contributed by atoms with Gasteiger partial charge in [0.25, 0.3) is 34.1 Å². The highest BCUT2D eigenvalue weighted by atomic mass is 35.5. The average molecular weight is 597 g/mol. The highest BCUT2D eigenvalue weighted by Crippen LogP contribution is 2.36. The van der Waals surface area contributed by atoms with Crippen LogP contribution in [0.25, 0.3) is 11.1 Å². The van der Waals surface area contributed by atoms with Gasteiger partial charge in [-0.1, -0.05) is 12.1 Å². The van der Waals surface area contributed by atoms with Gasteiger partial charge in [-0.3, -0.25) is 28.8 Å². The maximum absolute atomic E-state index is 13.1. The molecule has 42 heavy (non-hydrogen) atoms. The van der Waals surface area contributed by atoms with Crippen LogP contribution >= 0.6 is 23.2 Å². The van der Waals surface area contributed by atoms with E-state index in [1.807, 2.05) is 13.8 Å². The zero-order chi connectivity index (χ0) is 30.0. The van der Waals surface area contributed by atoms with E-state index in [0.717, 1.165) is 32.1 Å². The fourth-order valence-electron chi connectivity index (χ4n) is 5.37. The Balaban J connectivity index is 1.30. The molecule has 0 aliphatic carbocycles. The van der Waals surface area contributed by atoms with Crippen molar-refractivity contribution in [3.63, 3.8) is 0 Å². The van der Waals surface area contributed by atoms with Crippen LogP contribution in [-0.2, 0) is 0 Å². The van der Waals surface area contributed by atoms with Gasteiger partial charge in [-0.15, -0.1) is 0 Å². The van der Waals surface area contributed by atoms with E-state index in [9.17, 15) is 28.8 Å². The molecule has 0 aromatic heterocycles. The minimum atomic E-state index is -0.724. The summed E-state index contributed by atoms with van der Waals surface area (Å²) >= 11 is 11.1. The molecule has 4 aromatic rings. The van der Waals surface area contributed by atoms with Crippen LogP contribution in [0.15, 0.2) is 72.8 Å². The number of imide groups is 2. The first-order chi connectivity index (χ1) is 20.0. The van der Waals surface area contributed by atoms with Crippen LogP contribution in [0.5, 0.6) is 0 Å². The summed E-state index contributed by atoms with van der Waals surface area (Å²) in [6.07, 6.45) is 0. The molecule has 2 aliphatic rings. The number of amides is 4. The molecule has 0 saturated carbocycles. The second-order valence-corrected chi connectivity index (χ2v) is 10.6. The third kappa shape index (κ3) is 4.15. The number of halogens is 2. The molecule has 2 heterocycles. The Morgan fingerprint density at radius 3 is 1.14 bits per heavy atom. The molecular formula is C32H18Cl2N2O6. The maximum atomic E-state index is 13.1. The second-order valence-electron chi connectivity index (χ2n) is 9.96. The molecule has 0 spiro atoms. The van der Waals surface area contributed by atoms with Gasteiger partial charge in [0.1, 0.15) is 0 Å². The lowest BCUT2D eigenvalue weighted by molar-refractivity contribution is 0.0910. The van der Waals surface area contributed by atoms with Crippen LogP contribution < -0.4 is 9.80 Å². The molecule has 0 radical (unpaired) electrons. The first kappa shape index (κ1) is 27.3. The van der Waals surface area contributed by atoms with E-state index in [1.165, 1.54) is 36.4 Å². The largest absolute Gasteiger partial charge is 0.276 e. The third-order valence-electron chi connectivity index (χ3n) is 7.45. The fraction of sp³-hybridized carbons (Fsp3) is 0.0625. The highest BCUT2D eigenvalue weighted by molar-refractivity contribution is 6.68. The normalized spacial score (nSPS) is 14.0. The van der Waals surface area contributed by atoms with Gasteiger partial charge in [-0.25, -0.2) is 9.80 Å². The SMILES string of the molecule is Cc1cc(N2C(=O)c3ccc(C(=O)Cl)cc3C2=O)ccc1-c1ccc(N2C(=O)c3ccc(C(=O)Cl)cc3C2=O)cc1C. The lowest BCUT2D eigenvalue weighted by atomic mass is 9.95. The van der Waals surface area contributed by atoms with Crippen LogP contribution in [0.2, 0.25) is 0 Å². The molecule has 4 aromatic carbocycles. The molecular weight excluding hydrogens is 579 g/mol. The van der Waals surface area contributed by atoms with Crippen molar-refractivity contribution in [3.05, 3.63) is 117 Å². The lowest BCUT2D eigenvalue weighted by Crippen LogP contribution is -2.29. The van der Waals surface area contributed by atoms with Crippen molar-refractivity contribution in [2.75, 3.05) is 9.80 Å². The summed E-state index contributed by atoms with van der Waals surface area (Å²) in [5, 5.41) is -1.45. The van der Waals surface area contributed by atoms with Crippen molar-refractivity contribution >= 4 is 68.7 Å². The molecule has 0 bridgehead atoms. The summed E-state index contributed by atoms with van der Waals surface area (Å²) in [6, 6.07) is 18.6. The van der Waals surface area contributed by atoms with Crippen LogP contribution in [-0.4, -0.2) is 34.1 Å². The van der Waals surface area contributed by atoms with Crippen LogP contribution in [0.4, 0.5) is 11.4 Å². The van der Waals surface area contributed by atoms with Gasteiger partial charge in [-0.2, -0.15) is 0 Å². The average Bonchev–Trinajstić information content (AvgIpc) is 3.36. The summed E-state index contributed by atoms with van der Waals surface area (Å²) in [5.74, 6) is -2.10. The molecule has 8 nitrogen and oxygen atoms in total. The molecule has 206 valence electrons. The Hall–Kier alpha value is -4.92. The van der Waals surface area contributed by atoms with E-state index in [-0.39, 0.29) is 33.4 Å². The van der Waals surface area contributed by atoms with Gasteiger partial charge >= 0.3 is 0 Å². The zero-order valence-electron chi connectivity index (χ0n) is 22.0. The van der Waals surface area contributed by atoms with E-state index in [1.54, 1.807) is 36.4 Å². The van der Waals surface area contributed by atoms with Gasteiger partial charge in [0.2, 0.25) is 0 Å². The Kier molecular flexibility index (Phi) is 6.40. The Bertz CT molecular complexity index is 1820. The molecule has 0 fully saturated rings. The standard InChI is InChI=1S/C32H18Cl2N2O6/c1-15-11-19(35-29(39)23-7-3-17(27(33)37)13-25(23)31(35)41)5-9-21(15)22-10-6-20(12-16(22)2)36-30(40)24-8-4-18(28(34)38)14-26(24)32(36)42/h3-14H,1-2H3. The van der Waals surface area contributed by atoms with Crippen LogP contribution in [0, 0.1) is 13.8 Å². The highest BCUT2D eigenvalue weighted by Gasteiger charge is 2.38. The van der Waals surface area contributed by atoms with E-state index in [0.29, 0.717) is 11.4 Å². The molecule has 0 atom stereocenters. The van der Waals surface area contributed by atoms with Crippen LogP contribution in [0.1, 0.15) is 73.3 Å². The van der Waals surface area contributed by atoms with Gasteiger partial charge in [0, 0.05) is 11.1 Å². The summed E-state index contributed by atoms with van der Waals surface area (Å²) in [6.45, 7) is 3.68. The van der Waals surface area contributed by atoms with Crippen molar-refractivity contribution in [1.29, 1.82) is 0 Å². The lowest BCUT2D eigenvalue weighted by Gasteiger charge is -2.19. The summed E-state index contributed by atoms with van der Waals surface area (Å²) in [5.41, 5.74) is 4.78. The second kappa shape index (κ2) is 9.87. The van der Waals surface area contributed by atoms with Gasteiger partial charge in [-0.05, 0) is 120 Å². The van der Waals surface area contributed by atoms with Gasteiger partial charge < -0.3 is 0 Å². The Morgan fingerprint density at radius 1 is 0.476 bits per heavy atom. The Morgan fingerprint density at radius 2 is 0.810 bits per heavy atom. The molecule has 0 unspecified atom stereocenters. The summed E-state index contributed by atoms with van der Waals surface area (Å²) < 4.78 is 0. The van der Waals surface area contributed by atoms with E-state index < -0.39 is 34.1 Å². The number of carbonyl (C=O) groups excluding carboxylic acids is 6. The van der Waals surface area contributed by atoms with Crippen molar-refractivity contribution in [2.24, 2.45) is 0 Å². The first-order valence-corrected chi connectivity index (χ1v) is 13.4. The number of carbonyl (C=O) groups is 6. The van der Waals surface area contributed by atoms with Gasteiger partial charge in [0.15, 0.2) is 0 Å². The van der Waals surface area contributed by atoms with E-state index in [4.69, 9.17) is 23.2 Å². The predicted molar refractivity (Wildman–Crippen MR) is 157 cm³/mol. The number of hydrogen-bond donors (Lipinski definition) is 0. The number of rotatable bonds is 5. The van der Waals surface area contributed by atoms with Gasteiger partial charge in [0.05, 0.1) is 33.6 Å². The number of fused-ring (bicyclic) bond motifs is 2. The van der Waals surface area contributed by atoms with Crippen molar-refractivity contribution in [1.82, 2.24) is 0 Å². The molecule has 6 rings (SSSR count). The summed E-state index contributed by atoms with van der Waals surface area (Å²) in [4.78, 5) is 77.6. The number of hydrogen-bond acceptors (Lipinski definition) is 6. The number of aryl methyl sites for hydroxylation is 2. The van der Waals surface area contributed by atoms with Crippen molar-refractivity contribution in [2.45, 2.75) is 13.8 Å². The molecule has 0 N–H and O–H groups in total. The van der Waals surface area contributed by atoms with Crippen LogP contribution in [0.3, 0.4) is 0 Å². The number of benzene rings is 4. The van der Waals surface area contributed by atoms with Crippen molar-refractivity contribution in [3.8, 4) is 11.1 Å². The van der Waals surface area contributed by atoms with E-state index in [2.05, 4.69) is 0 Å². The van der Waals surface area contributed by atoms with E-state index >= 15 is 0 Å². The summed E-state index contributed by atoms with van der Waals surface area (Å²) in [7, 11) is 0. The molecule has 2 aliphatic heterocycles. The molecule has 10 heteroatoms. The zero-order valence-corrected chi connectivity index (χ0v) is 23.5. The Labute approximate surface area is 249 Å². The predicted octanol–water partition coefficient (Wildman–Crippen LogP) is 6.33. The molecule has 0 saturated heterocycles. The smallest absolute Gasteiger partial charge is 0.266 e. The number of anilines is 2. The quantitative estimate of drug-likeness (QED) is 0.197. The third-order valence-corrected chi connectivity index (χ3v) is 7.89. The monoisotopic (exact) mass is 596 g/mol. The number of nitrogens with zero attached hydrogens (tertiary/aromatic N) is 2. The van der Waals surface area contributed by atoms with Crippen molar-refractivity contribution < 1.29 is 28.8 Å². The first-order valence-electron chi connectivity index (χ1n) is 12.6. The topological polar surface area (TPSA) is 109 Å². The minimum Gasteiger partial charge on any atom is -0.276 e.